The maximum Gasteiger partial charge on any atom is 0.259 e. The van der Waals surface area contributed by atoms with E-state index < -0.39 is 6.04 Å². The number of carbonyl (C=O) groups excluding carboxylic acids is 3. The SMILES string of the molecule is CCC(C)NC(=O)CSC1=Nc2ccccc2C2=NC(CCC(=O)NCc3ccc(F)cc3)C(=O)N12. The summed E-state index contributed by atoms with van der Waals surface area (Å²) in [6.45, 7) is 4.21. The van der Waals surface area contributed by atoms with Gasteiger partial charge in [-0.1, -0.05) is 43.0 Å². The lowest BCUT2D eigenvalue weighted by molar-refractivity contribution is -0.125. The summed E-state index contributed by atoms with van der Waals surface area (Å²) in [4.78, 5) is 48.7. The minimum atomic E-state index is -0.720. The van der Waals surface area contributed by atoms with E-state index in [1.807, 2.05) is 38.1 Å². The standard InChI is InChI=1S/C26H28FN5O3S/c1-3-16(2)29-23(34)15-36-26-31-20-7-5-4-6-19(20)24-30-21(25(35)32(24)26)12-13-22(33)28-14-17-8-10-18(27)11-9-17/h4-11,16,21H,3,12-15H2,1-2H3,(H,28,33)(H,29,34). The van der Waals surface area contributed by atoms with Crippen molar-refractivity contribution < 1.29 is 18.8 Å². The van der Waals surface area contributed by atoms with Crippen LogP contribution in [0.15, 0.2) is 58.5 Å². The highest BCUT2D eigenvalue weighted by Gasteiger charge is 2.41. The van der Waals surface area contributed by atoms with Crippen molar-refractivity contribution in [1.29, 1.82) is 0 Å². The van der Waals surface area contributed by atoms with E-state index >= 15 is 0 Å². The molecule has 8 nitrogen and oxygen atoms in total. The van der Waals surface area contributed by atoms with Gasteiger partial charge in [-0.2, -0.15) is 0 Å². The summed E-state index contributed by atoms with van der Waals surface area (Å²) < 4.78 is 13.0. The van der Waals surface area contributed by atoms with Crippen LogP contribution in [0.5, 0.6) is 0 Å². The van der Waals surface area contributed by atoms with Gasteiger partial charge < -0.3 is 10.6 Å². The van der Waals surface area contributed by atoms with Crippen LogP contribution in [0, 0.1) is 5.82 Å². The minimum Gasteiger partial charge on any atom is -0.353 e. The van der Waals surface area contributed by atoms with E-state index in [0.29, 0.717) is 16.7 Å². The highest BCUT2D eigenvalue weighted by Crippen LogP contribution is 2.34. The van der Waals surface area contributed by atoms with Gasteiger partial charge in [-0.25, -0.2) is 14.3 Å². The van der Waals surface area contributed by atoms with Crippen molar-refractivity contribution in [3.63, 3.8) is 0 Å². The van der Waals surface area contributed by atoms with Gasteiger partial charge >= 0.3 is 0 Å². The van der Waals surface area contributed by atoms with Crippen molar-refractivity contribution in [2.24, 2.45) is 9.98 Å². The number of thioether (sulfide) groups is 1. The third-order valence-electron chi connectivity index (χ3n) is 5.95. The number of nitrogens with one attached hydrogen (secondary N) is 2. The molecule has 0 saturated carbocycles. The second-order valence-electron chi connectivity index (χ2n) is 8.66. The van der Waals surface area contributed by atoms with Crippen LogP contribution in [0.2, 0.25) is 0 Å². The Morgan fingerprint density at radius 3 is 2.64 bits per heavy atom. The molecule has 2 aromatic carbocycles. The predicted molar refractivity (Wildman–Crippen MR) is 139 cm³/mol. The van der Waals surface area contributed by atoms with Crippen molar-refractivity contribution >= 4 is 46.2 Å². The number of fused-ring (bicyclic) bond motifs is 3. The number of para-hydroxylation sites is 1. The van der Waals surface area contributed by atoms with E-state index in [2.05, 4.69) is 20.6 Å². The fourth-order valence-corrected chi connectivity index (χ4v) is 4.61. The third kappa shape index (κ3) is 5.99. The number of rotatable bonds is 9. The summed E-state index contributed by atoms with van der Waals surface area (Å²) in [5.41, 5.74) is 2.20. The molecular weight excluding hydrogens is 481 g/mol. The molecule has 0 aromatic heterocycles. The normalized spacial score (nSPS) is 17.0. The highest BCUT2D eigenvalue weighted by atomic mass is 32.2. The lowest BCUT2D eigenvalue weighted by atomic mass is 10.1. The first-order chi connectivity index (χ1) is 17.4. The molecule has 2 atom stereocenters. The number of halogens is 1. The van der Waals surface area contributed by atoms with Crippen LogP contribution in [0.1, 0.15) is 44.2 Å². The number of carbonyl (C=O) groups is 3. The van der Waals surface area contributed by atoms with Crippen LogP contribution in [-0.2, 0) is 20.9 Å². The second kappa shape index (κ2) is 11.5. The van der Waals surface area contributed by atoms with Gasteiger partial charge in [0, 0.05) is 24.6 Å². The van der Waals surface area contributed by atoms with Gasteiger partial charge in [-0.15, -0.1) is 0 Å². The second-order valence-corrected chi connectivity index (χ2v) is 9.60. The number of amides is 3. The van der Waals surface area contributed by atoms with Gasteiger partial charge in [0.2, 0.25) is 11.8 Å². The Kier molecular flexibility index (Phi) is 8.14. The number of aliphatic imine (C=N–C) groups is 2. The molecule has 4 rings (SSSR count). The molecule has 188 valence electrons. The molecule has 0 bridgehead atoms. The molecule has 10 heteroatoms. The quantitative estimate of drug-likeness (QED) is 0.540. The van der Waals surface area contributed by atoms with Gasteiger partial charge in [0.25, 0.3) is 5.91 Å². The van der Waals surface area contributed by atoms with Crippen LogP contribution in [-0.4, -0.2) is 51.5 Å². The zero-order chi connectivity index (χ0) is 25.7. The van der Waals surface area contributed by atoms with Gasteiger partial charge in [-0.3, -0.25) is 19.4 Å². The molecule has 0 saturated heterocycles. The number of amidine groups is 2. The summed E-state index contributed by atoms with van der Waals surface area (Å²) in [5, 5.41) is 6.11. The van der Waals surface area contributed by atoms with Crippen LogP contribution in [0.4, 0.5) is 10.1 Å². The first kappa shape index (κ1) is 25.6. The summed E-state index contributed by atoms with van der Waals surface area (Å²) in [5.74, 6) is -0.331. The van der Waals surface area contributed by atoms with E-state index in [0.717, 1.165) is 17.5 Å². The Labute approximate surface area is 213 Å². The van der Waals surface area contributed by atoms with Crippen LogP contribution in [0.3, 0.4) is 0 Å². The fourth-order valence-electron chi connectivity index (χ4n) is 3.79. The molecule has 0 aliphatic carbocycles. The first-order valence-electron chi connectivity index (χ1n) is 11.9. The lowest BCUT2D eigenvalue weighted by Gasteiger charge is -2.25. The van der Waals surface area contributed by atoms with Crippen molar-refractivity contribution in [3.8, 4) is 0 Å². The van der Waals surface area contributed by atoms with E-state index in [9.17, 15) is 18.8 Å². The monoisotopic (exact) mass is 509 g/mol. The van der Waals surface area contributed by atoms with Crippen LogP contribution >= 0.6 is 11.8 Å². The topological polar surface area (TPSA) is 103 Å². The van der Waals surface area contributed by atoms with Crippen molar-refractivity contribution in [2.75, 3.05) is 5.75 Å². The van der Waals surface area contributed by atoms with E-state index in [1.165, 1.54) is 28.8 Å². The molecule has 2 N–H and O–H groups in total. The van der Waals surface area contributed by atoms with Crippen LogP contribution in [0.25, 0.3) is 0 Å². The Morgan fingerprint density at radius 2 is 1.89 bits per heavy atom. The number of benzene rings is 2. The number of hydrogen-bond acceptors (Lipinski definition) is 6. The van der Waals surface area contributed by atoms with Gasteiger partial charge in [0.15, 0.2) is 5.17 Å². The van der Waals surface area contributed by atoms with Gasteiger partial charge in [0.1, 0.15) is 17.7 Å². The van der Waals surface area contributed by atoms with Gasteiger partial charge in [-0.05, 0) is 49.6 Å². The fraction of sp³-hybridized carbons (Fsp3) is 0.346. The Bertz CT molecular complexity index is 1210. The maximum atomic E-state index is 13.3. The zero-order valence-corrected chi connectivity index (χ0v) is 21.0. The Hall–Kier alpha value is -3.53. The van der Waals surface area contributed by atoms with Crippen molar-refractivity contribution in [1.82, 2.24) is 15.5 Å². The maximum absolute atomic E-state index is 13.3. The molecule has 2 aromatic rings. The Morgan fingerprint density at radius 1 is 1.14 bits per heavy atom. The molecule has 2 heterocycles. The zero-order valence-electron chi connectivity index (χ0n) is 20.2. The molecule has 2 unspecified atom stereocenters. The van der Waals surface area contributed by atoms with E-state index in [4.69, 9.17) is 0 Å². The molecule has 2 aliphatic rings. The summed E-state index contributed by atoms with van der Waals surface area (Å²) in [7, 11) is 0. The molecule has 2 aliphatic heterocycles. The lowest BCUT2D eigenvalue weighted by Crippen LogP contribution is -2.42. The smallest absolute Gasteiger partial charge is 0.259 e. The van der Waals surface area contributed by atoms with Crippen molar-refractivity contribution in [3.05, 3.63) is 65.5 Å². The molecule has 0 spiro atoms. The third-order valence-corrected chi connectivity index (χ3v) is 6.89. The average molecular weight is 510 g/mol. The van der Waals surface area contributed by atoms with Crippen molar-refractivity contribution in [2.45, 2.75) is 51.7 Å². The molecule has 36 heavy (non-hydrogen) atoms. The molecular formula is C26H28FN5O3S. The minimum absolute atomic E-state index is 0.0660. The Balaban J connectivity index is 1.41. The number of nitrogens with zero attached hydrogens (tertiary/aromatic N) is 3. The molecule has 0 fully saturated rings. The molecule has 0 radical (unpaired) electrons. The summed E-state index contributed by atoms with van der Waals surface area (Å²) in [6.07, 6.45) is 1.18. The highest BCUT2D eigenvalue weighted by molar-refractivity contribution is 8.14. The van der Waals surface area contributed by atoms with E-state index in [1.54, 1.807) is 12.1 Å². The molecule has 3 amide bonds. The van der Waals surface area contributed by atoms with E-state index in [-0.39, 0.29) is 54.7 Å². The summed E-state index contributed by atoms with van der Waals surface area (Å²) in [6, 6.07) is 12.7. The summed E-state index contributed by atoms with van der Waals surface area (Å²) >= 11 is 1.19. The predicted octanol–water partition coefficient (Wildman–Crippen LogP) is 3.53. The van der Waals surface area contributed by atoms with Gasteiger partial charge in [0.05, 0.1) is 11.4 Å². The largest absolute Gasteiger partial charge is 0.353 e. The number of hydrogen-bond donors (Lipinski definition) is 2. The average Bonchev–Trinajstić information content (AvgIpc) is 3.22. The first-order valence-corrected chi connectivity index (χ1v) is 12.9. The van der Waals surface area contributed by atoms with Crippen LogP contribution < -0.4 is 10.6 Å².